The fraction of sp³-hybridized carbons (Fsp3) is 0.778. The Morgan fingerprint density at radius 2 is 1.67 bits per heavy atom. The number of hydrogen-bond acceptors (Lipinski definition) is 3. The second-order valence-electron chi connectivity index (χ2n) is 6.97. The summed E-state index contributed by atoms with van der Waals surface area (Å²) in [6.45, 7) is 16.1. The predicted molar refractivity (Wildman–Crippen MR) is 96.0 cm³/mol. The number of rotatable bonds is 10. The minimum absolute atomic E-state index is 0.787. The van der Waals surface area contributed by atoms with Crippen LogP contribution in [0.15, 0.2) is 6.07 Å². The molecule has 0 atom stereocenters. The minimum Gasteiger partial charge on any atom is -0.315 e. The van der Waals surface area contributed by atoms with Crippen molar-refractivity contribution in [2.75, 3.05) is 20.1 Å². The molecule has 21 heavy (non-hydrogen) atoms. The van der Waals surface area contributed by atoms with Gasteiger partial charge in [0, 0.05) is 22.8 Å². The lowest BCUT2D eigenvalue weighted by Gasteiger charge is -2.24. The molecule has 0 aliphatic rings. The van der Waals surface area contributed by atoms with E-state index in [1.54, 1.807) is 0 Å². The minimum atomic E-state index is 0.787. The molecule has 122 valence electrons. The zero-order chi connectivity index (χ0) is 15.8. The average molecular weight is 311 g/mol. The maximum Gasteiger partial charge on any atom is 0.0296 e. The van der Waals surface area contributed by atoms with Crippen LogP contribution in [0.5, 0.6) is 0 Å². The zero-order valence-corrected chi connectivity index (χ0v) is 15.6. The van der Waals surface area contributed by atoms with E-state index < -0.39 is 0 Å². The summed E-state index contributed by atoms with van der Waals surface area (Å²) in [6, 6.07) is 2.40. The molecular weight excluding hydrogens is 276 g/mol. The van der Waals surface area contributed by atoms with Gasteiger partial charge in [0.1, 0.15) is 0 Å². The fourth-order valence-corrected chi connectivity index (χ4v) is 3.46. The average Bonchev–Trinajstić information content (AvgIpc) is 2.73. The third-order valence-corrected chi connectivity index (χ3v) is 4.95. The van der Waals surface area contributed by atoms with Crippen LogP contribution in [0.25, 0.3) is 0 Å². The Labute approximate surface area is 135 Å². The molecular formula is C18H34N2S. The van der Waals surface area contributed by atoms with E-state index in [0.717, 1.165) is 24.9 Å². The first-order valence-electron chi connectivity index (χ1n) is 8.37. The van der Waals surface area contributed by atoms with Crippen LogP contribution < -0.4 is 5.32 Å². The molecule has 0 aromatic carbocycles. The van der Waals surface area contributed by atoms with Crippen LogP contribution in [-0.2, 0) is 13.1 Å². The fourth-order valence-electron chi connectivity index (χ4n) is 2.40. The van der Waals surface area contributed by atoms with Gasteiger partial charge >= 0.3 is 0 Å². The van der Waals surface area contributed by atoms with Crippen LogP contribution >= 0.6 is 11.3 Å². The van der Waals surface area contributed by atoms with Gasteiger partial charge in [-0.05, 0) is 63.4 Å². The quantitative estimate of drug-likeness (QED) is 0.675. The molecule has 1 aromatic heterocycles. The first-order valence-corrected chi connectivity index (χ1v) is 9.19. The van der Waals surface area contributed by atoms with E-state index in [1.807, 2.05) is 18.4 Å². The van der Waals surface area contributed by atoms with E-state index in [9.17, 15) is 0 Å². The van der Waals surface area contributed by atoms with Crippen LogP contribution in [0.3, 0.4) is 0 Å². The maximum absolute atomic E-state index is 3.25. The van der Waals surface area contributed by atoms with Crippen molar-refractivity contribution in [2.45, 2.75) is 60.5 Å². The third kappa shape index (κ3) is 7.44. The SMILES string of the molecule is CNCc1cc(CN(CCC(C)C)CCC(C)C)c(C)s1. The van der Waals surface area contributed by atoms with E-state index in [2.05, 4.69) is 50.9 Å². The first-order chi connectivity index (χ1) is 9.92. The summed E-state index contributed by atoms with van der Waals surface area (Å²) in [6.07, 6.45) is 2.59. The molecule has 0 unspecified atom stereocenters. The normalized spacial score (nSPS) is 12.0. The molecule has 0 bridgehead atoms. The van der Waals surface area contributed by atoms with Crippen molar-refractivity contribution in [3.8, 4) is 0 Å². The van der Waals surface area contributed by atoms with Crippen LogP contribution in [0.2, 0.25) is 0 Å². The van der Waals surface area contributed by atoms with Gasteiger partial charge in [0.2, 0.25) is 0 Å². The van der Waals surface area contributed by atoms with Gasteiger partial charge in [0.05, 0.1) is 0 Å². The molecule has 0 aliphatic heterocycles. The summed E-state index contributed by atoms with van der Waals surface area (Å²) < 4.78 is 0. The number of hydrogen-bond donors (Lipinski definition) is 1. The van der Waals surface area contributed by atoms with Crippen molar-refractivity contribution in [1.82, 2.24) is 10.2 Å². The molecule has 0 saturated carbocycles. The van der Waals surface area contributed by atoms with Crippen LogP contribution in [0.1, 0.15) is 55.9 Å². The molecule has 1 aromatic rings. The molecule has 0 spiro atoms. The molecule has 0 aliphatic carbocycles. The Balaban J connectivity index is 2.64. The highest BCUT2D eigenvalue weighted by molar-refractivity contribution is 7.12. The van der Waals surface area contributed by atoms with Crippen LogP contribution in [0.4, 0.5) is 0 Å². The third-order valence-electron chi connectivity index (χ3n) is 3.86. The molecule has 0 saturated heterocycles. The predicted octanol–water partition coefficient (Wildman–Crippen LogP) is 4.67. The van der Waals surface area contributed by atoms with Crippen LogP contribution in [0, 0.1) is 18.8 Å². The summed E-state index contributed by atoms with van der Waals surface area (Å²) >= 11 is 1.94. The van der Waals surface area contributed by atoms with Gasteiger partial charge in [-0.2, -0.15) is 0 Å². The van der Waals surface area contributed by atoms with Crippen LogP contribution in [-0.4, -0.2) is 25.0 Å². The Morgan fingerprint density at radius 1 is 1.10 bits per heavy atom. The summed E-state index contributed by atoms with van der Waals surface area (Å²) in [4.78, 5) is 5.59. The van der Waals surface area contributed by atoms with Gasteiger partial charge in [0.25, 0.3) is 0 Å². The molecule has 1 rings (SSSR count). The topological polar surface area (TPSA) is 15.3 Å². The van der Waals surface area contributed by atoms with Gasteiger partial charge in [0.15, 0.2) is 0 Å². The Hall–Kier alpha value is -0.380. The summed E-state index contributed by atoms with van der Waals surface area (Å²) in [5.41, 5.74) is 1.53. The monoisotopic (exact) mass is 310 g/mol. The van der Waals surface area contributed by atoms with Gasteiger partial charge in [-0.25, -0.2) is 0 Å². The molecule has 2 nitrogen and oxygen atoms in total. The highest BCUT2D eigenvalue weighted by Gasteiger charge is 2.12. The highest BCUT2D eigenvalue weighted by Crippen LogP contribution is 2.23. The second-order valence-corrected chi connectivity index (χ2v) is 8.31. The lowest BCUT2D eigenvalue weighted by molar-refractivity contribution is 0.235. The molecule has 1 N–H and O–H groups in total. The van der Waals surface area contributed by atoms with Crippen molar-refractivity contribution in [1.29, 1.82) is 0 Å². The van der Waals surface area contributed by atoms with Gasteiger partial charge < -0.3 is 5.32 Å². The van der Waals surface area contributed by atoms with Crippen molar-refractivity contribution in [2.24, 2.45) is 11.8 Å². The standard InChI is InChI=1S/C18H34N2S/c1-14(2)7-9-20(10-8-15(3)4)13-17-11-18(12-19-6)21-16(17)5/h11,14-15,19H,7-10,12-13H2,1-6H3. The maximum atomic E-state index is 3.25. The Kier molecular flexibility index (Phi) is 8.53. The first kappa shape index (κ1) is 18.7. The zero-order valence-electron chi connectivity index (χ0n) is 14.8. The summed E-state index contributed by atoms with van der Waals surface area (Å²) in [5, 5.41) is 3.25. The second kappa shape index (κ2) is 9.60. The van der Waals surface area contributed by atoms with Crippen molar-refractivity contribution in [3.05, 3.63) is 21.4 Å². The number of thiophene rings is 1. The summed E-state index contributed by atoms with van der Waals surface area (Å²) in [7, 11) is 2.02. The largest absolute Gasteiger partial charge is 0.315 e. The van der Waals surface area contributed by atoms with E-state index in [-0.39, 0.29) is 0 Å². The smallest absolute Gasteiger partial charge is 0.0296 e. The molecule has 0 radical (unpaired) electrons. The molecule has 0 fully saturated rings. The molecule has 0 amide bonds. The highest BCUT2D eigenvalue weighted by atomic mass is 32.1. The van der Waals surface area contributed by atoms with E-state index >= 15 is 0 Å². The Bertz CT molecular complexity index is 384. The van der Waals surface area contributed by atoms with Gasteiger partial charge in [-0.3, -0.25) is 4.90 Å². The van der Waals surface area contributed by atoms with Crippen molar-refractivity contribution in [3.63, 3.8) is 0 Å². The van der Waals surface area contributed by atoms with E-state index in [0.29, 0.717) is 0 Å². The number of nitrogens with one attached hydrogen (secondary N) is 1. The van der Waals surface area contributed by atoms with Gasteiger partial charge in [-0.15, -0.1) is 11.3 Å². The lowest BCUT2D eigenvalue weighted by Crippen LogP contribution is -2.27. The number of nitrogens with zero attached hydrogens (tertiary/aromatic N) is 1. The van der Waals surface area contributed by atoms with Gasteiger partial charge in [-0.1, -0.05) is 27.7 Å². The van der Waals surface area contributed by atoms with E-state index in [4.69, 9.17) is 0 Å². The Morgan fingerprint density at radius 3 is 2.14 bits per heavy atom. The van der Waals surface area contributed by atoms with Crippen molar-refractivity contribution >= 4 is 11.3 Å². The van der Waals surface area contributed by atoms with Crippen molar-refractivity contribution < 1.29 is 0 Å². The number of aryl methyl sites for hydroxylation is 1. The summed E-state index contributed by atoms with van der Waals surface area (Å²) in [5.74, 6) is 1.57. The lowest BCUT2D eigenvalue weighted by atomic mass is 10.1. The molecule has 1 heterocycles. The van der Waals surface area contributed by atoms with E-state index in [1.165, 1.54) is 41.2 Å². The molecule has 3 heteroatoms.